The molecule has 0 bridgehead atoms. The van der Waals surface area contributed by atoms with E-state index in [1.54, 1.807) is 0 Å². The van der Waals surface area contributed by atoms with Gasteiger partial charge in [-0.05, 0) is 25.7 Å². The summed E-state index contributed by atoms with van der Waals surface area (Å²) < 4.78 is 0. The highest BCUT2D eigenvalue weighted by atomic mass is 35.5. The fourth-order valence-electron chi connectivity index (χ4n) is 3.01. The van der Waals surface area contributed by atoms with E-state index in [4.69, 9.17) is 5.73 Å². The molecule has 120 valence electrons. The van der Waals surface area contributed by atoms with Gasteiger partial charge in [0.2, 0.25) is 5.91 Å². The third-order valence-corrected chi connectivity index (χ3v) is 4.22. The van der Waals surface area contributed by atoms with Crippen molar-refractivity contribution in [1.82, 2.24) is 10.2 Å². The van der Waals surface area contributed by atoms with Crippen molar-refractivity contribution in [2.75, 3.05) is 19.6 Å². The second kappa shape index (κ2) is 10.7. The number of hydrogen-bond acceptors (Lipinski definition) is 3. The number of likely N-dealkylation sites (tertiary alicyclic amines) is 1. The Morgan fingerprint density at radius 1 is 1.00 bits per heavy atom. The molecule has 6 heteroatoms. The number of halogens is 2. The third kappa shape index (κ3) is 7.11. The Morgan fingerprint density at radius 3 is 2.10 bits per heavy atom. The summed E-state index contributed by atoms with van der Waals surface area (Å²) in [5, 5.41) is 3.21. The summed E-state index contributed by atoms with van der Waals surface area (Å²) in [5.74, 6) is 0.206. The van der Waals surface area contributed by atoms with Crippen molar-refractivity contribution in [2.45, 2.75) is 63.5 Å². The van der Waals surface area contributed by atoms with Crippen LogP contribution in [0, 0.1) is 0 Å². The summed E-state index contributed by atoms with van der Waals surface area (Å²) in [6.07, 6.45) is 9.57. The number of amides is 1. The van der Waals surface area contributed by atoms with E-state index in [0.717, 1.165) is 38.8 Å². The normalized spacial score (nSPS) is 22.2. The maximum absolute atomic E-state index is 12.0. The number of hydrogen-bond donors (Lipinski definition) is 2. The average Bonchev–Trinajstić information content (AvgIpc) is 2.61. The monoisotopic (exact) mass is 325 g/mol. The van der Waals surface area contributed by atoms with E-state index < -0.39 is 0 Å². The van der Waals surface area contributed by atoms with Gasteiger partial charge in [-0.2, -0.15) is 0 Å². The van der Waals surface area contributed by atoms with E-state index in [9.17, 15) is 4.79 Å². The van der Waals surface area contributed by atoms with Crippen molar-refractivity contribution >= 4 is 30.7 Å². The first-order valence-electron chi connectivity index (χ1n) is 7.51. The molecule has 20 heavy (non-hydrogen) atoms. The van der Waals surface area contributed by atoms with Gasteiger partial charge in [0.05, 0.1) is 6.54 Å². The molecule has 3 N–H and O–H groups in total. The topological polar surface area (TPSA) is 58.4 Å². The quantitative estimate of drug-likeness (QED) is 0.781. The van der Waals surface area contributed by atoms with Crippen molar-refractivity contribution in [3.8, 4) is 0 Å². The van der Waals surface area contributed by atoms with Gasteiger partial charge in [0.1, 0.15) is 0 Å². The maximum Gasteiger partial charge on any atom is 0.234 e. The Kier molecular flexibility index (Phi) is 10.6. The van der Waals surface area contributed by atoms with Crippen LogP contribution in [0.5, 0.6) is 0 Å². The van der Waals surface area contributed by atoms with Crippen LogP contribution in [-0.2, 0) is 4.79 Å². The second-order valence-corrected chi connectivity index (χ2v) is 5.87. The van der Waals surface area contributed by atoms with Crippen LogP contribution in [0.3, 0.4) is 0 Å². The van der Waals surface area contributed by atoms with E-state index in [1.807, 2.05) is 0 Å². The Labute approximate surface area is 135 Å². The maximum atomic E-state index is 12.0. The molecule has 4 nitrogen and oxygen atoms in total. The molecule has 1 aliphatic carbocycles. The highest BCUT2D eigenvalue weighted by Crippen LogP contribution is 2.17. The van der Waals surface area contributed by atoms with Crippen LogP contribution in [0.1, 0.15) is 51.4 Å². The molecule has 0 atom stereocenters. The highest BCUT2D eigenvalue weighted by molar-refractivity contribution is 5.85. The minimum atomic E-state index is 0. The molecule has 1 heterocycles. The third-order valence-electron chi connectivity index (χ3n) is 4.22. The predicted octanol–water partition coefficient (Wildman–Crippen LogP) is 2.09. The molecular formula is C14H29Cl2N3O. The van der Waals surface area contributed by atoms with Gasteiger partial charge in [-0.15, -0.1) is 24.8 Å². The molecule has 1 amide bonds. The van der Waals surface area contributed by atoms with Gasteiger partial charge >= 0.3 is 0 Å². The minimum absolute atomic E-state index is 0. The van der Waals surface area contributed by atoms with E-state index in [0.29, 0.717) is 18.6 Å². The van der Waals surface area contributed by atoms with E-state index in [1.165, 1.54) is 25.7 Å². The van der Waals surface area contributed by atoms with Gasteiger partial charge in [0, 0.05) is 25.2 Å². The lowest BCUT2D eigenvalue weighted by Crippen LogP contribution is -2.46. The number of rotatable bonds is 3. The number of nitrogens with zero attached hydrogens (tertiary/aromatic N) is 1. The fourth-order valence-corrected chi connectivity index (χ4v) is 3.01. The molecule has 2 aliphatic rings. The smallest absolute Gasteiger partial charge is 0.234 e. The van der Waals surface area contributed by atoms with Crippen molar-refractivity contribution in [3.05, 3.63) is 0 Å². The van der Waals surface area contributed by atoms with Crippen molar-refractivity contribution in [3.63, 3.8) is 0 Å². The molecule has 0 spiro atoms. The van der Waals surface area contributed by atoms with Crippen LogP contribution in [0.25, 0.3) is 0 Å². The molecule has 0 unspecified atom stereocenters. The van der Waals surface area contributed by atoms with Crippen molar-refractivity contribution in [2.24, 2.45) is 5.73 Å². The lowest BCUT2D eigenvalue weighted by atomic mass is 10.1. The van der Waals surface area contributed by atoms with Crippen LogP contribution in [0.4, 0.5) is 0 Å². The number of nitrogens with two attached hydrogens (primary N) is 1. The zero-order chi connectivity index (χ0) is 12.8. The first kappa shape index (κ1) is 20.0. The number of carbonyl (C=O) groups is 1. The van der Waals surface area contributed by atoms with Crippen molar-refractivity contribution in [1.29, 1.82) is 0 Å². The van der Waals surface area contributed by atoms with Gasteiger partial charge < -0.3 is 11.1 Å². The van der Waals surface area contributed by atoms with Crippen LogP contribution in [0.15, 0.2) is 0 Å². The Hall–Kier alpha value is -0.0300. The first-order valence-corrected chi connectivity index (χ1v) is 7.51. The average molecular weight is 326 g/mol. The largest absolute Gasteiger partial charge is 0.352 e. The van der Waals surface area contributed by atoms with Crippen LogP contribution in [0.2, 0.25) is 0 Å². The molecule has 1 aliphatic heterocycles. The van der Waals surface area contributed by atoms with Crippen LogP contribution < -0.4 is 11.1 Å². The molecule has 0 radical (unpaired) electrons. The van der Waals surface area contributed by atoms with Crippen LogP contribution >= 0.6 is 24.8 Å². The molecule has 2 fully saturated rings. The zero-order valence-electron chi connectivity index (χ0n) is 12.2. The summed E-state index contributed by atoms with van der Waals surface area (Å²) in [5.41, 5.74) is 5.87. The van der Waals surface area contributed by atoms with Gasteiger partial charge in [-0.25, -0.2) is 0 Å². The Bertz CT molecular complexity index is 263. The summed E-state index contributed by atoms with van der Waals surface area (Å²) in [4.78, 5) is 14.2. The van der Waals surface area contributed by atoms with E-state index in [-0.39, 0.29) is 30.7 Å². The van der Waals surface area contributed by atoms with Gasteiger partial charge in [0.15, 0.2) is 0 Å². The molecule has 0 aromatic heterocycles. The first-order chi connectivity index (χ1) is 8.74. The highest BCUT2D eigenvalue weighted by Gasteiger charge is 2.20. The zero-order valence-corrected chi connectivity index (χ0v) is 13.8. The molecule has 0 aromatic rings. The molecule has 1 saturated heterocycles. The number of piperidine rings is 1. The summed E-state index contributed by atoms with van der Waals surface area (Å²) in [6.45, 7) is 2.50. The summed E-state index contributed by atoms with van der Waals surface area (Å²) in [7, 11) is 0. The number of carbonyl (C=O) groups excluding carboxylic acids is 1. The SMILES string of the molecule is Cl.Cl.NC1CCN(CC(=O)NC2CCCCCC2)CC1. The molecule has 0 aromatic carbocycles. The lowest BCUT2D eigenvalue weighted by molar-refractivity contribution is -0.123. The van der Waals surface area contributed by atoms with Gasteiger partial charge in [-0.1, -0.05) is 25.7 Å². The van der Waals surface area contributed by atoms with Gasteiger partial charge in [-0.3, -0.25) is 9.69 Å². The molecule has 1 saturated carbocycles. The van der Waals surface area contributed by atoms with Gasteiger partial charge in [0.25, 0.3) is 0 Å². The predicted molar refractivity (Wildman–Crippen MR) is 87.8 cm³/mol. The van der Waals surface area contributed by atoms with Crippen molar-refractivity contribution < 1.29 is 4.79 Å². The van der Waals surface area contributed by atoms with E-state index >= 15 is 0 Å². The van der Waals surface area contributed by atoms with E-state index in [2.05, 4.69) is 10.2 Å². The summed E-state index contributed by atoms with van der Waals surface area (Å²) in [6, 6.07) is 0.762. The Morgan fingerprint density at radius 2 is 1.55 bits per heavy atom. The standard InChI is InChI=1S/C14H27N3O.2ClH/c15-12-7-9-17(10-8-12)11-14(18)16-13-5-3-1-2-4-6-13;;/h12-13H,1-11,15H2,(H,16,18);2*1H. The second-order valence-electron chi connectivity index (χ2n) is 5.87. The Balaban J connectivity index is 0.00000180. The minimum Gasteiger partial charge on any atom is -0.352 e. The van der Waals surface area contributed by atoms with Crippen LogP contribution in [-0.4, -0.2) is 42.5 Å². The molecule has 2 rings (SSSR count). The number of nitrogens with one attached hydrogen (secondary N) is 1. The lowest BCUT2D eigenvalue weighted by Gasteiger charge is -2.30. The summed E-state index contributed by atoms with van der Waals surface area (Å²) >= 11 is 0. The fraction of sp³-hybridized carbons (Fsp3) is 0.929. The molecular weight excluding hydrogens is 297 g/mol.